The van der Waals surface area contributed by atoms with Crippen LogP contribution >= 0.6 is 12.4 Å². The smallest absolute Gasteiger partial charge is 0.434 e. The number of phenols is 1. The number of aromatic nitrogens is 2. The summed E-state index contributed by atoms with van der Waals surface area (Å²) >= 11 is 0. The normalized spacial score (nSPS) is 12.6. The lowest BCUT2D eigenvalue weighted by Crippen LogP contribution is -2.35. The zero-order valence-corrected chi connectivity index (χ0v) is 17.7. The van der Waals surface area contributed by atoms with Gasteiger partial charge in [0.2, 0.25) is 0 Å². The van der Waals surface area contributed by atoms with E-state index < -0.39 is 11.9 Å². The molecule has 28 heavy (non-hydrogen) atoms. The van der Waals surface area contributed by atoms with Gasteiger partial charge in [0.05, 0.1) is 18.1 Å². The molecule has 0 aliphatic carbocycles. The van der Waals surface area contributed by atoms with Gasteiger partial charge in [0.1, 0.15) is 5.75 Å². The Hall–Kier alpha value is -1.86. The Labute approximate surface area is 170 Å². The third-order valence-corrected chi connectivity index (χ3v) is 4.08. The fraction of sp³-hybridized carbons (Fsp3) is 0.500. The molecule has 0 atom stereocenters. The van der Waals surface area contributed by atoms with Crippen LogP contribution in [0.15, 0.2) is 24.5 Å². The molecular formula is C20H27ClF3N3O. The Morgan fingerprint density at radius 2 is 1.57 bits per heavy atom. The minimum atomic E-state index is -4.55. The van der Waals surface area contributed by atoms with Crippen LogP contribution in [0.5, 0.6) is 5.75 Å². The molecule has 0 saturated heterocycles. The fourth-order valence-electron chi connectivity index (χ4n) is 2.43. The van der Waals surface area contributed by atoms with Gasteiger partial charge < -0.3 is 10.4 Å². The Kier molecular flexibility index (Phi) is 7.12. The average Bonchev–Trinajstić information content (AvgIpc) is 2.51. The molecule has 0 bridgehead atoms. The number of alkyl halides is 3. The monoisotopic (exact) mass is 417 g/mol. The maximum Gasteiger partial charge on any atom is 0.434 e. The molecule has 2 aromatic rings. The van der Waals surface area contributed by atoms with E-state index in [2.05, 4.69) is 15.3 Å². The number of aromatic hydroxyl groups is 1. The summed E-state index contributed by atoms with van der Waals surface area (Å²) in [5, 5.41) is 14.0. The zero-order valence-electron chi connectivity index (χ0n) is 16.9. The number of nitrogens with one attached hydrogen (secondary N) is 1. The lowest BCUT2D eigenvalue weighted by Gasteiger charge is -2.25. The van der Waals surface area contributed by atoms with Crippen molar-refractivity contribution in [2.24, 2.45) is 0 Å². The number of hydrogen-bond acceptors (Lipinski definition) is 4. The zero-order chi connectivity index (χ0) is 20.6. The van der Waals surface area contributed by atoms with Gasteiger partial charge in [-0.2, -0.15) is 13.2 Å². The van der Waals surface area contributed by atoms with Gasteiger partial charge in [-0.15, -0.1) is 12.4 Å². The molecule has 0 aliphatic heterocycles. The van der Waals surface area contributed by atoms with Gasteiger partial charge in [0, 0.05) is 23.2 Å². The quantitative estimate of drug-likeness (QED) is 0.694. The van der Waals surface area contributed by atoms with Crippen LogP contribution in [0.25, 0.3) is 11.3 Å². The van der Waals surface area contributed by atoms with Crippen LogP contribution < -0.4 is 5.32 Å². The fourth-order valence-corrected chi connectivity index (χ4v) is 2.43. The van der Waals surface area contributed by atoms with Gasteiger partial charge in [-0.1, -0.05) is 26.8 Å². The summed E-state index contributed by atoms with van der Waals surface area (Å²) in [6.07, 6.45) is -2.82. The van der Waals surface area contributed by atoms with Crippen molar-refractivity contribution >= 4 is 12.4 Å². The van der Waals surface area contributed by atoms with Gasteiger partial charge in [-0.05, 0) is 37.8 Å². The highest BCUT2D eigenvalue weighted by atomic mass is 35.5. The van der Waals surface area contributed by atoms with Gasteiger partial charge in [0.15, 0.2) is 5.69 Å². The summed E-state index contributed by atoms with van der Waals surface area (Å²) in [4.78, 5) is 7.35. The van der Waals surface area contributed by atoms with Crippen molar-refractivity contribution in [2.45, 2.75) is 65.2 Å². The molecule has 2 N–H and O–H groups in total. The molecule has 8 heteroatoms. The highest BCUT2D eigenvalue weighted by Crippen LogP contribution is 2.37. The van der Waals surface area contributed by atoms with E-state index in [0.717, 1.165) is 11.8 Å². The van der Waals surface area contributed by atoms with Crippen LogP contribution in [0.2, 0.25) is 0 Å². The molecule has 0 aliphatic rings. The van der Waals surface area contributed by atoms with Crippen molar-refractivity contribution in [2.75, 3.05) is 0 Å². The second-order valence-corrected chi connectivity index (χ2v) is 8.67. The third kappa shape index (κ3) is 6.07. The molecule has 0 radical (unpaired) electrons. The number of phenolic OH excluding ortho intramolecular Hbond substituents is 1. The molecule has 156 valence electrons. The first kappa shape index (κ1) is 24.2. The van der Waals surface area contributed by atoms with E-state index in [1.165, 1.54) is 0 Å². The number of hydrogen-bond donors (Lipinski definition) is 2. The first-order chi connectivity index (χ1) is 12.2. The average molecular weight is 418 g/mol. The van der Waals surface area contributed by atoms with E-state index in [1.54, 1.807) is 6.07 Å². The Balaban J connectivity index is 0.00000392. The molecule has 2 rings (SSSR count). The first-order valence-electron chi connectivity index (χ1n) is 8.69. The van der Waals surface area contributed by atoms with Crippen LogP contribution in [0.3, 0.4) is 0 Å². The predicted octanol–water partition coefficient (Wildman–Crippen LogP) is 5.48. The molecule has 0 unspecified atom stereocenters. The summed E-state index contributed by atoms with van der Waals surface area (Å²) in [6, 6.07) is 3.67. The molecule has 0 spiro atoms. The predicted molar refractivity (Wildman–Crippen MR) is 107 cm³/mol. The topological polar surface area (TPSA) is 58.0 Å². The lowest BCUT2D eigenvalue weighted by atomic mass is 9.84. The number of nitrogens with zero attached hydrogens (tertiary/aromatic N) is 2. The SMILES string of the molecule is CC(C)(C)NCc1cc(C(C)(C)C)cc(-c2cnc(C(F)(F)F)cn2)c1O.Cl. The largest absolute Gasteiger partial charge is 0.507 e. The molecular weight excluding hydrogens is 391 g/mol. The Morgan fingerprint density at radius 1 is 0.964 bits per heavy atom. The van der Waals surface area contributed by atoms with Crippen molar-refractivity contribution in [3.05, 3.63) is 41.3 Å². The van der Waals surface area contributed by atoms with E-state index in [9.17, 15) is 18.3 Å². The Morgan fingerprint density at radius 3 is 2.00 bits per heavy atom. The van der Waals surface area contributed by atoms with E-state index >= 15 is 0 Å². The number of halogens is 4. The summed E-state index contributed by atoms with van der Waals surface area (Å²) < 4.78 is 38.2. The van der Waals surface area contributed by atoms with Crippen LogP contribution in [0.1, 0.15) is 58.4 Å². The third-order valence-electron chi connectivity index (χ3n) is 4.08. The van der Waals surface area contributed by atoms with E-state index in [0.29, 0.717) is 23.9 Å². The van der Waals surface area contributed by atoms with Crippen molar-refractivity contribution < 1.29 is 18.3 Å². The minimum Gasteiger partial charge on any atom is -0.507 e. The van der Waals surface area contributed by atoms with Crippen molar-refractivity contribution in [3.8, 4) is 17.0 Å². The summed E-state index contributed by atoms with van der Waals surface area (Å²) in [5.41, 5.74) is 0.749. The molecule has 1 aromatic heterocycles. The van der Waals surface area contributed by atoms with Crippen LogP contribution in [0, 0.1) is 0 Å². The molecule has 0 saturated carbocycles. The summed E-state index contributed by atoms with van der Waals surface area (Å²) in [6.45, 7) is 12.5. The van der Waals surface area contributed by atoms with Crippen LogP contribution in [-0.2, 0) is 18.1 Å². The van der Waals surface area contributed by atoms with Gasteiger partial charge in [-0.3, -0.25) is 4.98 Å². The van der Waals surface area contributed by atoms with Crippen molar-refractivity contribution in [3.63, 3.8) is 0 Å². The van der Waals surface area contributed by atoms with E-state index in [4.69, 9.17) is 0 Å². The lowest BCUT2D eigenvalue weighted by molar-refractivity contribution is -0.141. The molecule has 1 heterocycles. The van der Waals surface area contributed by atoms with Crippen LogP contribution in [-0.4, -0.2) is 20.6 Å². The molecule has 0 fully saturated rings. The van der Waals surface area contributed by atoms with Crippen LogP contribution in [0.4, 0.5) is 13.2 Å². The minimum absolute atomic E-state index is 0. The summed E-state index contributed by atoms with van der Waals surface area (Å²) in [7, 11) is 0. The van der Waals surface area contributed by atoms with Gasteiger partial charge in [-0.25, -0.2) is 4.98 Å². The van der Waals surface area contributed by atoms with Gasteiger partial charge in [0.25, 0.3) is 0 Å². The molecule has 0 amide bonds. The van der Waals surface area contributed by atoms with E-state index in [-0.39, 0.29) is 34.8 Å². The van der Waals surface area contributed by atoms with Crippen molar-refractivity contribution in [1.29, 1.82) is 0 Å². The summed E-state index contributed by atoms with van der Waals surface area (Å²) in [5.74, 6) is -0.00573. The number of rotatable bonds is 3. The molecule has 1 aromatic carbocycles. The maximum atomic E-state index is 12.7. The van der Waals surface area contributed by atoms with Crippen molar-refractivity contribution in [1.82, 2.24) is 15.3 Å². The highest BCUT2D eigenvalue weighted by Gasteiger charge is 2.33. The second kappa shape index (κ2) is 8.25. The molecule has 4 nitrogen and oxygen atoms in total. The van der Waals surface area contributed by atoms with Gasteiger partial charge >= 0.3 is 6.18 Å². The number of benzene rings is 1. The second-order valence-electron chi connectivity index (χ2n) is 8.67. The Bertz CT molecular complexity index is 808. The van der Waals surface area contributed by atoms with E-state index in [1.807, 2.05) is 47.6 Å². The standard InChI is InChI=1S/C20H26F3N3O.ClH/c1-18(2,3)13-7-12(9-26-19(4,5)6)17(27)14(8-13)15-10-25-16(11-24-15)20(21,22)23;/h7-8,10-11,26-27H,9H2,1-6H3;1H. The maximum absolute atomic E-state index is 12.7. The highest BCUT2D eigenvalue weighted by molar-refractivity contribution is 5.85. The first-order valence-corrected chi connectivity index (χ1v) is 8.69.